The minimum atomic E-state index is 0.216. The molecule has 1 heterocycles. The highest BCUT2D eigenvalue weighted by molar-refractivity contribution is 6.32. The van der Waals surface area contributed by atoms with Crippen molar-refractivity contribution in [1.29, 1.82) is 5.39 Å². The van der Waals surface area contributed by atoms with Gasteiger partial charge in [0, 0.05) is 12.3 Å². The SMILES string of the molecule is Cc1cnc(Cl)c([N+]#N)c1. The molecule has 0 atom stereocenters. The smallest absolute Gasteiger partial charge is 0.237 e. The van der Waals surface area contributed by atoms with Gasteiger partial charge in [0.2, 0.25) is 10.5 Å². The van der Waals surface area contributed by atoms with E-state index in [1.165, 1.54) is 0 Å². The molecule has 0 N–H and O–H groups in total. The summed E-state index contributed by atoms with van der Waals surface area (Å²) in [5, 5.41) is 8.56. The van der Waals surface area contributed by atoms with Crippen molar-refractivity contribution < 1.29 is 0 Å². The molecule has 1 rings (SSSR count). The van der Waals surface area contributed by atoms with Crippen molar-refractivity contribution in [2.24, 2.45) is 0 Å². The Bertz CT molecular complexity index is 290. The van der Waals surface area contributed by atoms with E-state index in [0.717, 1.165) is 5.56 Å². The third kappa shape index (κ3) is 1.23. The van der Waals surface area contributed by atoms with Gasteiger partial charge in [0.05, 0.1) is 0 Å². The van der Waals surface area contributed by atoms with Crippen molar-refractivity contribution in [3.8, 4) is 0 Å². The van der Waals surface area contributed by atoms with Crippen LogP contribution in [0.25, 0.3) is 4.98 Å². The first-order valence-corrected chi connectivity index (χ1v) is 3.09. The van der Waals surface area contributed by atoms with E-state index in [2.05, 4.69) is 9.96 Å². The second kappa shape index (κ2) is 2.63. The Morgan fingerprint density at radius 1 is 1.70 bits per heavy atom. The summed E-state index contributed by atoms with van der Waals surface area (Å²) in [5.74, 6) is 0. The summed E-state index contributed by atoms with van der Waals surface area (Å²) in [7, 11) is 0. The van der Waals surface area contributed by atoms with Gasteiger partial charge in [-0.3, -0.25) is 0 Å². The molecular formula is C6H5ClN3+. The van der Waals surface area contributed by atoms with E-state index >= 15 is 0 Å². The molecule has 0 saturated carbocycles. The van der Waals surface area contributed by atoms with Crippen LogP contribution in [-0.4, -0.2) is 4.98 Å². The van der Waals surface area contributed by atoms with Crippen LogP contribution in [0.15, 0.2) is 12.3 Å². The summed E-state index contributed by atoms with van der Waals surface area (Å²) in [6, 6.07) is 1.65. The fourth-order valence-corrected chi connectivity index (χ4v) is 0.748. The third-order valence-corrected chi connectivity index (χ3v) is 1.36. The van der Waals surface area contributed by atoms with Gasteiger partial charge in [-0.05, 0) is 12.5 Å². The Morgan fingerprint density at radius 2 is 2.40 bits per heavy atom. The van der Waals surface area contributed by atoms with Gasteiger partial charge in [-0.15, -0.1) is 0 Å². The van der Waals surface area contributed by atoms with Gasteiger partial charge in [0.25, 0.3) is 0 Å². The van der Waals surface area contributed by atoms with Crippen LogP contribution in [0.3, 0.4) is 0 Å². The van der Waals surface area contributed by atoms with E-state index < -0.39 is 0 Å². The minimum absolute atomic E-state index is 0.216. The zero-order valence-electron chi connectivity index (χ0n) is 5.37. The number of aromatic nitrogens is 1. The fraction of sp³-hybridized carbons (Fsp3) is 0.167. The first-order valence-electron chi connectivity index (χ1n) is 2.71. The molecule has 10 heavy (non-hydrogen) atoms. The summed E-state index contributed by atoms with van der Waals surface area (Å²) in [6.45, 7) is 1.85. The summed E-state index contributed by atoms with van der Waals surface area (Å²) in [4.78, 5) is 6.70. The Kier molecular flexibility index (Phi) is 1.83. The van der Waals surface area contributed by atoms with Crippen LogP contribution in [0, 0.1) is 12.3 Å². The van der Waals surface area contributed by atoms with Crippen molar-refractivity contribution in [3.63, 3.8) is 0 Å². The van der Waals surface area contributed by atoms with Crippen LogP contribution in [0.5, 0.6) is 0 Å². The lowest BCUT2D eigenvalue weighted by molar-refractivity contribution is 1.27. The lowest BCUT2D eigenvalue weighted by Crippen LogP contribution is -1.76. The lowest BCUT2D eigenvalue weighted by atomic mass is 10.3. The maximum atomic E-state index is 8.34. The molecule has 0 aliphatic rings. The maximum Gasteiger partial charge on any atom is 0.422 e. The molecule has 0 aliphatic heterocycles. The average molecular weight is 155 g/mol. The zero-order valence-corrected chi connectivity index (χ0v) is 6.13. The lowest BCUT2D eigenvalue weighted by Gasteiger charge is -1.85. The van der Waals surface area contributed by atoms with Gasteiger partial charge >= 0.3 is 5.69 Å². The highest BCUT2D eigenvalue weighted by Gasteiger charge is 2.11. The normalized spacial score (nSPS) is 8.90. The second-order valence-corrected chi connectivity index (χ2v) is 2.28. The first-order chi connectivity index (χ1) is 4.74. The molecule has 0 amide bonds. The van der Waals surface area contributed by atoms with E-state index in [1.807, 2.05) is 6.92 Å². The summed E-state index contributed by atoms with van der Waals surface area (Å²) >= 11 is 5.53. The molecule has 0 unspecified atom stereocenters. The number of diazo groups is 1. The molecule has 4 heteroatoms. The number of rotatable bonds is 0. The third-order valence-electron chi connectivity index (χ3n) is 1.07. The number of hydrogen-bond acceptors (Lipinski definition) is 2. The van der Waals surface area contributed by atoms with E-state index in [4.69, 9.17) is 17.0 Å². The number of pyridine rings is 1. The van der Waals surface area contributed by atoms with Gasteiger partial charge < -0.3 is 0 Å². The molecule has 1 aromatic rings. The molecule has 0 aliphatic carbocycles. The van der Waals surface area contributed by atoms with Crippen molar-refractivity contribution in [3.05, 3.63) is 28.0 Å². The van der Waals surface area contributed by atoms with Gasteiger partial charge in [0.15, 0.2) is 4.98 Å². The monoisotopic (exact) mass is 154 g/mol. The quantitative estimate of drug-likeness (QED) is 0.426. The Balaban J connectivity index is 3.25. The van der Waals surface area contributed by atoms with Gasteiger partial charge in [-0.25, -0.2) is 4.98 Å². The molecule has 1 aromatic heterocycles. The standard InChI is InChI=1S/C6H5ClN3/c1-4-2-5(10-8)6(7)9-3-4/h2-3H,1H3/q+1. The van der Waals surface area contributed by atoms with E-state index in [0.29, 0.717) is 5.69 Å². The average Bonchev–Trinajstić information content (AvgIpc) is 1.94. The minimum Gasteiger partial charge on any atom is -0.237 e. The number of halogens is 1. The van der Waals surface area contributed by atoms with Gasteiger partial charge in [0.1, 0.15) is 0 Å². The fourth-order valence-electron chi connectivity index (χ4n) is 0.607. The number of nitrogens with zero attached hydrogens (tertiary/aromatic N) is 3. The highest BCUT2D eigenvalue weighted by atomic mass is 35.5. The van der Waals surface area contributed by atoms with Crippen LogP contribution >= 0.6 is 11.6 Å². The van der Waals surface area contributed by atoms with Crippen LogP contribution in [0.1, 0.15) is 5.56 Å². The predicted molar refractivity (Wildman–Crippen MR) is 38.7 cm³/mol. The van der Waals surface area contributed by atoms with E-state index in [-0.39, 0.29) is 5.15 Å². The van der Waals surface area contributed by atoms with Gasteiger partial charge in [-0.2, -0.15) is 0 Å². The highest BCUT2D eigenvalue weighted by Crippen LogP contribution is 2.22. The molecular weight excluding hydrogens is 150 g/mol. The topological polar surface area (TPSA) is 41.0 Å². The van der Waals surface area contributed by atoms with Crippen molar-refractivity contribution in [2.75, 3.05) is 0 Å². The number of hydrogen-bond donors (Lipinski definition) is 0. The van der Waals surface area contributed by atoms with Crippen LogP contribution in [0.4, 0.5) is 5.69 Å². The summed E-state index contributed by atoms with van der Waals surface area (Å²) in [5.41, 5.74) is 1.22. The van der Waals surface area contributed by atoms with E-state index in [1.54, 1.807) is 12.3 Å². The zero-order chi connectivity index (χ0) is 7.56. The van der Waals surface area contributed by atoms with Crippen LogP contribution < -0.4 is 0 Å². The molecule has 0 saturated heterocycles. The summed E-state index contributed by atoms with van der Waals surface area (Å²) < 4.78 is 0. The molecule has 0 spiro atoms. The molecule has 3 nitrogen and oxygen atoms in total. The van der Waals surface area contributed by atoms with Crippen LogP contribution in [-0.2, 0) is 0 Å². The predicted octanol–water partition coefficient (Wildman–Crippen LogP) is 2.53. The van der Waals surface area contributed by atoms with Crippen LogP contribution in [0.2, 0.25) is 5.15 Å². The van der Waals surface area contributed by atoms with Crippen molar-refractivity contribution in [2.45, 2.75) is 6.92 Å². The molecule has 0 aromatic carbocycles. The molecule has 50 valence electrons. The number of aryl methyl sites for hydroxylation is 1. The summed E-state index contributed by atoms with van der Waals surface area (Å²) in [6.07, 6.45) is 1.61. The van der Waals surface area contributed by atoms with E-state index in [9.17, 15) is 0 Å². The largest absolute Gasteiger partial charge is 0.422 e. The molecule has 0 bridgehead atoms. The van der Waals surface area contributed by atoms with Gasteiger partial charge in [-0.1, -0.05) is 11.6 Å². The second-order valence-electron chi connectivity index (χ2n) is 1.92. The Hall–Kier alpha value is -1.14. The Labute approximate surface area is 63.3 Å². The maximum absolute atomic E-state index is 8.34. The van der Waals surface area contributed by atoms with Crippen molar-refractivity contribution >= 4 is 17.3 Å². The first kappa shape index (κ1) is 6.97. The Morgan fingerprint density at radius 3 is 2.90 bits per heavy atom. The molecule has 0 radical (unpaired) electrons. The molecule has 0 fully saturated rings. The van der Waals surface area contributed by atoms with Crippen molar-refractivity contribution in [1.82, 2.24) is 4.98 Å².